The third kappa shape index (κ3) is 3.77. The molecule has 0 radical (unpaired) electrons. The molecule has 134 valence electrons. The van der Waals surface area contributed by atoms with E-state index in [1.54, 1.807) is 24.3 Å². The van der Waals surface area contributed by atoms with E-state index in [4.69, 9.17) is 9.15 Å². The molecular weight excluding hydrogens is 330 g/mol. The summed E-state index contributed by atoms with van der Waals surface area (Å²) < 4.78 is 11.1. The van der Waals surface area contributed by atoms with E-state index in [9.17, 15) is 9.59 Å². The lowest BCUT2D eigenvalue weighted by molar-refractivity contribution is 0.0923. The van der Waals surface area contributed by atoms with Crippen LogP contribution in [0.3, 0.4) is 0 Å². The van der Waals surface area contributed by atoms with Crippen molar-refractivity contribution in [2.75, 3.05) is 6.61 Å². The predicted molar refractivity (Wildman–Crippen MR) is 101 cm³/mol. The maximum Gasteiger partial charge on any atom is 0.349 e. The van der Waals surface area contributed by atoms with Crippen molar-refractivity contribution >= 4 is 16.9 Å². The van der Waals surface area contributed by atoms with Crippen molar-refractivity contribution in [2.24, 2.45) is 0 Å². The van der Waals surface area contributed by atoms with Gasteiger partial charge in [-0.1, -0.05) is 36.4 Å². The molecule has 1 amide bonds. The number of nitrogens with one attached hydrogen (secondary N) is 1. The average Bonchev–Trinajstić information content (AvgIpc) is 2.60. The Kier molecular flexibility index (Phi) is 5.07. The number of rotatable bonds is 5. The van der Waals surface area contributed by atoms with Gasteiger partial charge in [-0.2, -0.15) is 0 Å². The maximum absolute atomic E-state index is 12.4. The quantitative estimate of drug-likeness (QED) is 0.713. The maximum atomic E-state index is 12.4. The molecule has 0 spiro atoms. The van der Waals surface area contributed by atoms with Crippen molar-refractivity contribution < 1.29 is 13.9 Å². The second-order valence-corrected chi connectivity index (χ2v) is 6.39. The summed E-state index contributed by atoms with van der Waals surface area (Å²) >= 11 is 0. The first-order valence-electron chi connectivity index (χ1n) is 8.48. The summed E-state index contributed by atoms with van der Waals surface area (Å²) in [5.41, 5.74) is 1.88. The standard InChI is InChI=1S/C21H21NO4/c1-13-7-6-8-14(2)19(13)25-12-15(3)22-20(23)17-11-16-9-4-5-10-18(16)26-21(17)24/h4-11,15H,12H2,1-3H3,(H,22,23)/t15-/m1/s1. The van der Waals surface area contributed by atoms with Gasteiger partial charge < -0.3 is 14.5 Å². The van der Waals surface area contributed by atoms with Crippen LogP contribution >= 0.6 is 0 Å². The number of aryl methyl sites for hydroxylation is 2. The zero-order valence-corrected chi connectivity index (χ0v) is 15.0. The molecule has 5 heteroatoms. The topological polar surface area (TPSA) is 68.5 Å². The van der Waals surface area contributed by atoms with E-state index >= 15 is 0 Å². The first kappa shape index (κ1) is 17.7. The van der Waals surface area contributed by atoms with Gasteiger partial charge in [0, 0.05) is 5.39 Å². The number of ether oxygens (including phenoxy) is 1. The molecule has 1 atom stereocenters. The lowest BCUT2D eigenvalue weighted by Crippen LogP contribution is -2.38. The van der Waals surface area contributed by atoms with E-state index in [0.29, 0.717) is 17.6 Å². The molecule has 0 saturated heterocycles. The molecule has 3 rings (SSSR count). The fourth-order valence-corrected chi connectivity index (χ4v) is 2.80. The van der Waals surface area contributed by atoms with Crippen molar-refractivity contribution in [1.29, 1.82) is 0 Å². The fraction of sp³-hybridized carbons (Fsp3) is 0.238. The molecule has 0 bridgehead atoms. The summed E-state index contributed by atoms with van der Waals surface area (Å²) in [6.45, 7) is 6.09. The number of carbonyl (C=O) groups is 1. The van der Waals surface area contributed by atoms with Crippen LogP contribution in [0.1, 0.15) is 28.4 Å². The summed E-state index contributed by atoms with van der Waals surface area (Å²) in [7, 11) is 0. The monoisotopic (exact) mass is 351 g/mol. The Hall–Kier alpha value is -3.08. The highest BCUT2D eigenvalue weighted by Crippen LogP contribution is 2.22. The third-order valence-corrected chi connectivity index (χ3v) is 4.15. The second-order valence-electron chi connectivity index (χ2n) is 6.39. The Morgan fingerprint density at radius 3 is 2.54 bits per heavy atom. The average molecular weight is 351 g/mol. The third-order valence-electron chi connectivity index (χ3n) is 4.15. The zero-order valence-electron chi connectivity index (χ0n) is 15.0. The lowest BCUT2D eigenvalue weighted by Gasteiger charge is -2.17. The fourth-order valence-electron chi connectivity index (χ4n) is 2.80. The molecule has 5 nitrogen and oxygen atoms in total. The van der Waals surface area contributed by atoms with Crippen LogP contribution in [0.2, 0.25) is 0 Å². The van der Waals surface area contributed by atoms with Crippen LogP contribution < -0.4 is 15.7 Å². The predicted octanol–water partition coefficient (Wildman–Crippen LogP) is 3.61. The minimum Gasteiger partial charge on any atom is -0.491 e. The number of hydrogen-bond acceptors (Lipinski definition) is 4. The van der Waals surface area contributed by atoms with Gasteiger partial charge in [-0.05, 0) is 44.0 Å². The number of carbonyl (C=O) groups excluding carboxylic acids is 1. The Bertz CT molecular complexity index is 986. The Balaban J connectivity index is 1.70. The Labute approximate surface area is 151 Å². The van der Waals surface area contributed by atoms with Crippen LogP contribution in [0.15, 0.2) is 57.7 Å². The van der Waals surface area contributed by atoms with E-state index in [2.05, 4.69) is 5.32 Å². The molecule has 2 aromatic carbocycles. The highest BCUT2D eigenvalue weighted by Gasteiger charge is 2.16. The number of amides is 1. The van der Waals surface area contributed by atoms with Crippen molar-refractivity contribution in [3.63, 3.8) is 0 Å². The molecule has 0 unspecified atom stereocenters. The van der Waals surface area contributed by atoms with Crippen LogP contribution in [0.4, 0.5) is 0 Å². The normalized spacial score (nSPS) is 12.0. The number of para-hydroxylation sites is 2. The van der Waals surface area contributed by atoms with Crippen molar-refractivity contribution in [3.8, 4) is 5.75 Å². The smallest absolute Gasteiger partial charge is 0.349 e. The van der Waals surface area contributed by atoms with E-state index < -0.39 is 11.5 Å². The van der Waals surface area contributed by atoms with Gasteiger partial charge in [0.1, 0.15) is 23.5 Å². The molecule has 1 N–H and O–H groups in total. The highest BCUT2D eigenvalue weighted by atomic mass is 16.5. The van der Waals surface area contributed by atoms with Gasteiger partial charge in [0.2, 0.25) is 0 Å². The van der Waals surface area contributed by atoms with Crippen molar-refractivity contribution in [2.45, 2.75) is 26.8 Å². The summed E-state index contributed by atoms with van der Waals surface area (Å²) in [6, 6.07) is 14.3. The second kappa shape index (κ2) is 7.44. The molecular formula is C21H21NO4. The van der Waals surface area contributed by atoms with E-state index in [0.717, 1.165) is 16.9 Å². The molecule has 1 heterocycles. The summed E-state index contributed by atoms with van der Waals surface area (Å²) in [4.78, 5) is 24.5. The Morgan fingerprint density at radius 1 is 1.12 bits per heavy atom. The summed E-state index contributed by atoms with van der Waals surface area (Å²) in [5, 5.41) is 3.49. The van der Waals surface area contributed by atoms with Gasteiger partial charge in [-0.25, -0.2) is 4.79 Å². The van der Waals surface area contributed by atoms with Crippen LogP contribution in [0, 0.1) is 13.8 Å². The first-order valence-corrected chi connectivity index (χ1v) is 8.48. The Morgan fingerprint density at radius 2 is 1.81 bits per heavy atom. The largest absolute Gasteiger partial charge is 0.491 e. The van der Waals surface area contributed by atoms with Crippen LogP contribution in [0.5, 0.6) is 5.75 Å². The molecule has 26 heavy (non-hydrogen) atoms. The molecule has 1 aromatic heterocycles. The first-order chi connectivity index (χ1) is 12.5. The van der Waals surface area contributed by atoms with Gasteiger partial charge in [-0.15, -0.1) is 0 Å². The van der Waals surface area contributed by atoms with Gasteiger partial charge in [-0.3, -0.25) is 4.79 Å². The van der Waals surface area contributed by atoms with E-state index in [1.807, 2.05) is 45.0 Å². The van der Waals surface area contributed by atoms with Crippen molar-refractivity contribution in [1.82, 2.24) is 5.32 Å². The van der Waals surface area contributed by atoms with Gasteiger partial charge in [0.25, 0.3) is 5.91 Å². The zero-order chi connectivity index (χ0) is 18.7. The molecule has 0 aliphatic heterocycles. The molecule has 0 saturated carbocycles. The lowest BCUT2D eigenvalue weighted by atomic mass is 10.1. The van der Waals surface area contributed by atoms with Crippen molar-refractivity contribution in [3.05, 3.63) is 75.6 Å². The van der Waals surface area contributed by atoms with Gasteiger partial charge in [0.05, 0.1) is 6.04 Å². The molecule has 0 fully saturated rings. The minimum atomic E-state index is -0.649. The summed E-state index contributed by atoms with van der Waals surface area (Å²) in [5.74, 6) is 0.348. The molecule has 0 aliphatic carbocycles. The van der Waals surface area contributed by atoms with Crippen LogP contribution in [0.25, 0.3) is 11.0 Å². The van der Waals surface area contributed by atoms with E-state index in [1.165, 1.54) is 0 Å². The SMILES string of the molecule is Cc1cccc(C)c1OC[C@@H](C)NC(=O)c1cc2ccccc2oc1=O. The molecule has 3 aromatic rings. The minimum absolute atomic E-state index is 0.0115. The van der Waals surface area contributed by atoms with E-state index in [-0.39, 0.29) is 11.6 Å². The summed E-state index contributed by atoms with van der Waals surface area (Å²) in [6.07, 6.45) is 0. The number of hydrogen-bond donors (Lipinski definition) is 1. The van der Waals surface area contributed by atoms with Crippen LogP contribution in [-0.2, 0) is 0 Å². The van der Waals surface area contributed by atoms with Crippen LogP contribution in [-0.4, -0.2) is 18.6 Å². The molecule has 0 aliphatic rings. The number of benzene rings is 2. The van der Waals surface area contributed by atoms with Gasteiger partial charge in [0.15, 0.2) is 0 Å². The highest BCUT2D eigenvalue weighted by molar-refractivity contribution is 5.96. The number of fused-ring (bicyclic) bond motifs is 1. The van der Waals surface area contributed by atoms with Gasteiger partial charge >= 0.3 is 5.63 Å².